The molecule has 5 nitrogen and oxygen atoms in total. The van der Waals surface area contributed by atoms with E-state index in [0.29, 0.717) is 18.4 Å². The second-order valence-electron chi connectivity index (χ2n) is 5.62. The van der Waals surface area contributed by atoms with Crippen LogP contribution in [0.1, 0.15) is 33.6 Å². The van der Waals surface area contributed by atoms with Crippen LogP contribution in [0, 0.1) is 11.3 Å². The zero-order valence-corrected chi connectivity index (χ0v) is 11.6. The molecule has 0 aliphatic carbocycles. The fourth-order valence-corrected chi connectivity index (χ4v) is 2.66. The van der Waals surface area contributed by atoms with Gasteiger partial charge in [-0.2, -0.15) is 0 Å². The Morgan fingerprint density at radius 2 is 2.39 bits per heavy atom. The highest BCUT2D eigenvalue weighted by atomic mass is 16.6. The van der Waals surface area contributed by atoms with Crippen molar-refractivity contribution >= 4 is 12.2 Å². The molecule has 0 amide bonds. The Kier molecular flexibility index (Phi) is 3.73. The van der Waals surface area contributed by atoms with Gasteiger partial charge in [-0.05, 0) is 25.7 Å². The van der Waals surface area contributed by atoms with Crippen molar-refractivity contribution in [2.75, 3.05) is 13.7 Å². The minimum absolute atomic E-state index is 0.0353. The standard InChI is InChI=1S/C13H23N3O2/c1-9(2)11-12(14)16(8-15-11)13(3)6-5-10(18-13)7-17-4/h8-11,14H,5-7H2,1-4H3/t10-,11?,13+/m0/s1. The summed E-state index contributed by atoms with van der Waals surface area (Å²) in [5.74, 6) is 0.893. The molecule has 2 aliphatic rings. The number of amidine groups is 1. The Hall–Kier alpha value is -0.940. The molecule has 0 aromatic rings. The van der Waals surface area contributed by atoms with E-state index < -0.39 is 5.72 Å². The van der Waals surface area contributed by atoms with Gasteiger partial charge in [0.25, 0.3) is 0 Å². The van der Waals surface area contributed by atoms with Crippen molar-refractivity contribution in [2.45, 2.75) is 51.5 Å². The molecule has 0 radical (unpaired) electrons. The lowest BCUT2D eigenvalue weighted by atomic mass is 10.0. The van der Waals surface area contributed by atoms with Crippen LogP contribution in [0.3, 0.4) is 0 Å². The second-order valence-corrected chi connectivity index (χ2v) is 5.62. The van der Waals surface area contributed by atoms with Gasteiger partial charge in [0.15, 0.2) is 0 Å². The molecule has 3 atom stereocenters. The molecule has 1 fully saturated rings. The summed E-state index contributed by atoms with van der Waals surface area (Å²) in [6.45, 7) is 6.82. The highest BCUT2D eigenvalue weighted by molar-refractivity contribution is 5.99. The lowest BCUT2D eigenvalue weighted by Gasteiger charge is -2.35. The van der Waals surface area contributed by atoms with Crippen LogP contribution in [-0.4, -0.2) is 48.7 Å². The highest BCUT2D eigenvalue weighted by Gasteiger charge is 2.45. The Labute approximate surface area is 109 Å². The van der Waals surface area contributed by atoms with Gasteiger partial charge in [-0.15, -0.1) is 0 Å². The fourth-order valence-electron chi connectivity index (χ4n) is 2.66. The van der Waals surface area contributed by atoms with Crippen LogP contribution < -0.4 is 0 Å². The van der Waals surface area contributed by atoms with Crippen LogP contribution in [0.4, 0.5) is 0 Å². The van der Waals surface area contributed by atoms with Crippen LogP contribution in [0.25, 0.3) is 0 Å². The summed E-state index contributed by atoms with van der Waals surface area (Å²) in [6.07, 6.45) is 3.76. The molecule has 1 N–H and O–H groups in total. The SMILES string of the molecule is COC[C@@H]1CC[C@](C)(N2C=NC(C(C)C)C2=N)O1. The van der Waals surface area contributed by atoms with E-state index in [4.69, 9.17) is 14.9 Å². The molecule has 1 saturated heterocycles. The van der Waals surface area contributed by atoms with E-state index >= 15 is 0 Å². The number of hydrogen-bond acceptors (Lipinski definition) is 4. The zero-order chi connectivity index (χ0) is 13.3. The van der Waals surface area contributed by atoms with Gasteiger partial charge in [-0.1, -0.05) is 13.8 Å². The van der Waals surface area contributed by atoms with Crippen molar-refractivity contribution in [3.8, 4) is 0 Å². The first-order valence-electron chi connectivity index (χ1n) is 6.56. The minimum Gasteiger partial charge on any atom is -0.382 e. The number of methoxy groups -OCH3 is 1. The highest BCUT2D eigenvalue weighted by Crippen LogP contribution is 2.35. The molecular weight excluding hydrogens is 230 g/mol. The average Bonchev–Trinajstić information content (AvgIpc) is 2.84. The zero-order valence-electron chi connectivity index (χ0n) is 11.6. The number of ether oxygens (including phenoxy) is 2. The van der Waals surface area contributed by atoms with E-state index in [9.17, 15) is 0 Å². The summed E-state index contributed by atoms with van der Waals surface area (Å²) >= 11 is 0. The molecule has 102 valence electrons. The molecule has 2 aliphatic heterocycles. The number of aliphatic imine (C=N–C) groups is 1. The first kappa shape index (κ1) is 13.5. The second kappa shape index (κ2) is 4.97. The summed E-state index contributed by atoms with van der Waals surface area (Å²) in [7, 11) is 1.69. The van der Waals surface area contributed by atoms with Gasteiger partial charge in [-0.25, -0.2) is 0 Å². The van der Waals surface area contributed by atoms with E-state index in [0.717, 1.165) is 12.8 Å². The van der Waals surface area contributed by atoms with Crippen molar-refractivity contribution in [1.29, 1.82) is 5.41 Å². The largest absolute Gasteiger partial charge is 0.382 e. The summed E-state index contributed by atoms with van der Waals surface area (Å²) in [5, 5.41) is 8.24. The topological polar surface area (TPSA) is 57.9 Å². The molecule has 1 unspecified atom stereocenters. The Bertz CT molecular complexity index is 356. The van der Waals surface area contributed by atoms with Gasteiger partial charge in [0, 0.05) is 7.11 Å². The van der Waals surface area contributed by atoms with E-state index in [1.165, 1.54) is 0 Å². The number of rotatable bonds is 4. The van der Waals surface area contributed by atoms with E-state index in [1.54, 1.807) is 13.4 Å². The quantitative estimate of drug-likeness (QED) is 0.832. The van der Waals surface area contributed by atoms with Crippen LogP contribution in [0.2, 0.25) is 0 Å². The molecule has 0 bridgehead atoms. The smallest absolute Gasteiger partial charge is 0.145 e. The fraction of sp³-hybridized carbons (Fsp3) is 0.846. The molecule has 0 saturated carbocycles. The van der Waals surface area contributed by atoms with Gasteiger partial charge in [-0.3, -0.25) is 15.3 Å². The van der Waals surface area contributed by atoms with Crippen LogP contribution in [-0.2, 0) is 9.47 Å². The molecule has 2 heterocycles. The maximum Gasteiger partial charge on any atom is 0.145 e. The number of nitrogens with one attached hydrogen (secondary N) is 1. The lowest BCUT2D eigenvalue weighted by Crippen LogP contribution is -2.49. The first-order valence-corrected chi connectivity index (χ1v) is 6.56. The van der Waals surface area contributed by atoms with Crippen LogP contribution in [0.15, 0.2) is 4.99 Å². The summed E-state index contributed by atoms with van der Waals surface area (Å²) in [4.78, 5) is 6.31. The predicted molar refractivity (Wildman–Crippen MR) is 71.1 cm³/mol. The Morgan fingerprint density at radius 1 is 1.67 bits per heavy atom. The first-order chi connectivity index (χ1) is 8.48. The van der Waals surface area contributed by atoms with E-state index in [1.807, 2.05) is 11.8 Å². The molecule has 0 aromatic carbocycles. The third kappa shape index (κ3) is 2.29. The van der Waals surface area contributed by atoms with Crippen molar-refractivity contribution in [2.24, 2.45) is 10.9 Å². The third-order valence-electron chi connectivity index (χ3n) is 3.73. The summed E-state index contributed by atoms with van der Waals surface area (Å²) < 4.78 is 11.2. The normalized spacial score (nSPS) is 36.1. The summed E-state index contributed by atoms with van der Waals surface area (Å²) in [6, 6.07) is -0.0353. The van der Waals surface area contributed by atoms with Gasteiger partial charge >= 0.3 is 0 Å². The van der Waals surface area contributed by atoms with Gasteiger partial charge in [0.2, 0.25) is 0 Å². The van der Waals surface area contributed by atoms with Gasteiger partial charge in [0.1, 0.15) is 17.6 Å². The Morgan fingerprint density at radius 3 is 2.94 bits per heavy atom. The average molecular weight is 253 g/mol. The van der Waals surface area contributed by atoms with E-state index in [2.05, 4.69) is 18.8 Å². The van der Waals surface area contributed by atoms with E-state index in [-0.39, 0.29) is 12.1 Å². The molecular formula is C13H23N3O2. The van der Waals surface area contributed by atoms with Crippen molar-refractivity contribution < 1.29 is 9.47 Å². The molecule has 5 heteroatoms. The maximum absolute atomic E-state index is 8.24. The van der Waals surface area contributed by atoms with Gasteiger partial charge in [0.05, 0.1) is 19.0 Å². The monoisotopic (exact) mass is 253 g/mol. The number of nitrogens with zero attached hydrogens (tertiary/aromatic N) is 2. The van der Waals surface area contributed by atoms with Crippen LogP contribution >= 0.6 is 0 Å². The lowest BCUT2D eigenvalue weighted by molar-refractivity contribution is -0.0968. The summed E-state index contributed by atoms with van der Waals surface area (Å²) in [5.41, 5.74) is -0.437. The third-order valence-corrected chi connectivity index (χ3v) is 3.73. The number of hydrogen-bond donors (Lipinski definition) is 1. The predicted octanol–water partition coefficient (Wildman–Crippen LogP) is 1.87. The molecule has 0 spiro atoms. The van der Waals surface area contributed by atoms with Crippen molar-refractivity contribution in [1.82, 2.24) is 4.90 Å². The minimum atomic E-state index is -0.437. The Balaban J connectivity index is 2.05. The molecule has 0 aromatic heterocycles. The van der Waals surface area contributed by atoms with Crippen molar-refractivity contribution in [3.63, 3.8) is 0 Å². The van der Waals surface area contributed by atoms with Crippen LogP contribution in [0.5, 0.6) is 0 Å². The van der Waals surface area contributed by atoms with Crippen molar-refractivity contribution in [3.05, 3.63) is 0 Å². The molecule has 18 heavy (non-hydrogen) atoms. The molecule has 2 rings (SSSR count). The van der Waals surface area contributed by atoms with Gasteiger partial charge < -0.3 is 9.47 Å². The maximum atomic E-state index is 8.24.